The zero-order chi connectivity index (χ0) is 18.6. The first-order valence-corrected chi connectivity index (χ1v) is 9.15. The summed E-state index contributed by atoms with van der Waals surface area (Å²) in [5, 5.41) is 15.0. The van der Waals surface area contributed by atoms with Crippen molar-refractivity contribution in [2.45, 2.75) is 26.2 Å². The lowest BCUT2D eigenvalue weighted by Crippen LogP contribution is -2.40. The predicted octanol–water partition coefficient (Wildman–Crippen LogP) is 1.77. The molecule has 9 nitrogen and oxygen atoms in total. The van der Waals surface area contributed by atoms with Crippen molar-refractivity contribution in [1.82, 2.24) is 30.4 Å². The summed E-state index contributed by atoms with van der Waals surface area (Å²) >= 11 is 0. The van der Waals surface area contributed by atoms with Gasteiger partial charge in [-0.15, -0.1) is 24.0 Å². The third kappa shape index (κ3) is 7.83. The van der Waals surface area contributed by atoms with Crippen LogP contribution in [0.1, 0.15) is 26.2 Å². The second-order valence-electron chi connectivity index (χ2n) is 5.90. The Morgan fingerprint density at radius 1 is 1.15 bits per heavy atom. The van der Waals surface area contributed by atoms with Crippen molar-refractivity contribution in [1.29, 1.82) is 0 Å². The van der Waals surface area contributed by atoms with E-state index in [2.05, 4.69) is 42.9 Å². The molecule has 0 atom stereocenters. The minimum absolute atomic E-state index is 0. The van der Waals surface area contributed by atoms with Gasteiger partial charge in [0, 0.05) is 46.9 Å². The topological polar surface area (TPSA) is 101 Å². The maximum absolute atomic E-state index is 5.54. The van der Waals surface area contributed by atoms with Crippen LogP contribution in [0.4, 0.5) is 5.82 Å². The normalized spacial score (nSPS) is 11.3. The van der Waals surface area contributed by atoms with Crippen molar-refractivity contribution in [2.24, 2.45) is 12.0 Å². The Kier molecular flexibility index (Phi) is 11.7. The van der Waals surface area contributed by atoms with E-state index >= 15 is 0 Å². The lowest BCUT2D eigenvalue weighted by molar-refractivity contribution is 0.129. The first kappa shape index (κ1) is 23.3. The van der Waals surface area contributed by atoms with Gasteiger partial charge in [0.15, 0.2) is 11.6 Å². The highest BCUT2D eigenvalue weighted by molar-refractivity contribution is 14.0. The molecule has 0 saturated heterocycles. The standard InChI is InChI=1S/C17H30N8O.HI/c1-4-5-10-26-11-6-7-20-17(18-2)21-9-8-19-15-14-12-24-25(3)16(14)23-13-22-15;/h12-13H,4-11H2,1-3H3,(H2,18,20,21)(H,19,22,23);1H. The number of ether oxygens (including phenoxy) is 1. The molecule has 152 valence electrons. The number of nitrogens with zero attached hydrogens (tertiary/aromatic N) is 5. The summed E-state index contributed by atoms with van der Waals surface area (Å²) in [6.07, 6.45) is 6.57. The van der Waals surface area contributed by atoms with E-state index in [1.54, 1.807) is 24.3 Å². The summed E-state index contributed by atoms with van der Waals surface area (Å²) in [6.45, 7) is 6.06. The van der Waals surface area contributed by atoms with Gasteiger partial charge in [0.1, 0.15) is 12.1 Å². The number of halogens is 1. The monoisotopic (exact) mass is 490 g/mol. The van der Waals surface area contributed by atoms with Gasteiger partial charge in [-0.3, -0.25) is 9.67 Å². The molecule has 2 aromatic rings. The fraction of sp³-hybridized carbons (Fsp3) is 0.647. The zero-order valence-corrected chi connectivity index (χ0v) is 18.7. The Hall–Kier alpha value is -1.69. The number of hydrogen-bond donors (Lipinski definition) is 3. The van der Waals surface area contributed by atoms with Crippen LogP contribution in [0, 0.1) is 0 Å². The summed E-state index contributed by atoms with van der Waals surface area (Å²) < 4.78 is 7.28. The molecule has 0 spiro atoms. The van der Waals surface area contributed by atoms with E-state index in [9.17, 15) is 0 Å². The van der Waals surface area contributed by atoms with E-state index in [4.69, 9.17) is 4.74 Å². The van der Waals surface area contributed by atoms with Gasteiger partial charge in [-0.2, -0.15) is 5.10 Å². The summed E-state index contributed by atoms with van der Waals surface area (Å²) in [7, 11) is 3.63. The second-order valence-corrected chi connectivity index (χ2v) is 5.90. The Bertz CT molecular complexity index is 691. The van der Waals surface area contributed by atoms with Gasteiger partial charge < -0.3 is 20.7 Å². The van der Waals surface area contributed by atoms with Gasteiger partial charge >= 0.3 is 0 Å². The first-order valence-electron chi connectivity index (χ1n) is 9.15. The number of unbranched alkanes of at least 4 members (excludes halogenated alkanes) is 1. The van der Waals surface area contributed by atoms with Crippen molar-refractivity contribution in [3.8, 4) is 0 Å². The van der Waals surface area contributed by atoms with Gasteiger partial charge in [-0.1, -0.05) is 13.3 Å². The number of hydrogen-bond acceptors (Lipinski definition) is 6. The zero-order valence-electron chi connectivity index (χ0n) is 16.4. The molecule has 0 unspecified atom stereocenters. The van der Waals surface area contributed by atoms with E-state index in [1.807, 2.05) is 7.05 Å². The fourth-order valence-corrected chi connectivity index (χ4v) is 2.41. The molecular weight excluding hydrogens is 459 g/mol. The van der Waals surface area contributed by atoms with Crippen LogP contribution in [0.15, 0.2) is 17.5 Å². The largest absolute Gasteiger partial charge is 0.381 e. The molecule has 0 amide bonds. The molecule has 0 radical (unpaired) electrons. The number of aliphatic imine (C=N–C) groups is 1. The van der Waals surface area contributed by atoms with Gasteiger partial charge in [0.2, 0.25) is 0 Å². The minimum Gasteiger partial charge on any atom is -0.381 e. The third-order valence-corrected chi connectivity index (χ3v) is 3.86. The lowest BCUT2D eigenvalue weighted by atomic mass is 10.4. The van der Waals surface area contributed by atoms with Crippen LogP contribution in [-0.4, -0.2) is 65.6 Å². The Balaban J connectivity index is 0.00000364. The Morgan fingerprint density at radius 2 is 1.93 bits per heavy atom. The number of anilines is 1. The van der Waals surface area contributed by atoms with E-state index in [-0.39, 0.29) is 24.0 Å². The summed E-state index contributed by atoms with van der Waals surface area (Å²) in [6, 6.07) is 0. The van der Waals surface area contributed by atoms with Gasteiger partial charge in [0.05, 0.1) is 11.6 Å². The number of aryl methyl sites for hydroxylation is 1. The molecule has 0 fully saturated rings. The highest BCUT2D eigenvalue weighted by Gasteiger charge is 2.06. The SMILES string of the molecule is CCCCOCCCNC(=NC)NCCNc1ncnc2c1cnn2C.I. The molecule has 27 heavy (non-hydrogen) atoms. The quantitative estimate of drug-likeness (QED) is 0.191. The molecule has 10 heteroatoms. The molecule has 0 saturated carbocycles. The summed E-state index contributed by atoms with van der Waals surface area (Å²) in [5.41, 5.74) is 0.814. The summed E-state index contributed by atoms with van der Waals surface area (Å²) in [4.78, 5) is 12.7. The van der Waals surface area contributed by atoms with E-state index in [1.165, 1.54) is 6.42 Å². The third-order valence-electron chi connectivity index (χ3n) is 3.86. The van der Waals surface area contributed by atoms with E-state index in [0.717, 1.165) is 62.0 Å². The fourth-order valence-electron chi connectivity index (χ4n) is 2.41. The van der Waals surface area contributed by atoms with Gasteiger partial charge in [-0.25, -0.2) is 9.97 Å². The summed E-state index contributed by atoms with van der Waals surface area (Å²) in [5.74, 6) is 1.58. The molecule has 0 aliphatic rings. The highest BCUT2D eigenvalue weighted by atomic mass is 127. The van der Waals surface area contributed by atoms with Crippen LogP contribution in [0.2, 0.25) is 0 Å². The molecule has 0 bridgehead atoms. The van der Waals surface area contributed by atoms with Crippen molar-refractivity contribution < 1.29 is 4.74 Å². The molecule has 0 aliphatic heterocycles. The Morgan fingerprint density at radius 3 is 2.70 bits per heavy atom. The number of nitrogens with one attached hydrogen (secondary N) is 3. The smallest absolute Gasteiger partial charge is 0.191 e. The molecule has 0 aromatic carbocycles. The number of rotatable bonds is 11. The van der Waals surface area contributed by atoms with E-state index in [0.29, 0.717) is 6.54 Å². The van der Waals surface area contributed by atoms with E-state index < -0.39 is 0 Å². The number of guanidine groups is 1. The first-order chi connectivity index (χ1) is 12.8. The average molecular weight is 490 g/mol. The molecule has 3 N–H and O–H groups in total. The van der Waals surface area contributed by atoms with Gasteiger partial charge in [0.25, 0.3) is 0 Å². The van der Waals surface area contributed by atoms with Gasteiger partial charge in [-0.05, 0) is 12.8 Å². The molecule has 2 rings (SSSR count). The van der Waals surface area contributed by atoms with Crippen LogP contribution in [0.5, 0.6) is 0 Å². The second kappa shape index (κ2) is 13.5. The number of fused-ring (bicyclic) bond motifs is 1. The van der Waals surface area contributed by atoms with Crippen molar-refractivity contribution in [3.05, 3.63) is 12.5 Å². The highest BCUT2D eigenvalue weighted by Crippen LogP contribution is 2.16. The van der Waals surface area contributed by atoms with Crippen LogP contribution < -0.4 is 16.0 Å². The van der Waals surface area contributed by atoms with Crippen LogP contribution in [-0.2, 0) is 11.8 Å². The van der Waals surface area contributed by atoms with Crippen LogP contribution in [0.3, 0.4) is 0 Å². The maximum atomic E-state index is 5.54. The molecule has 0 aliphatic carbocycles. The van der Waals surface area contributed by atoms with Crippen molar-refractivity contribution >= 4 is 46.8 Å². The lowest BCUT2D eigenvalue weighted by Gasteiger charge is -2.12. The molecule has 2 heterocycles. The maximum Gasteiger partial charge on any atom is 0.191 e. The predicted molar refractivity (Wildman–Crippen MR) is 120 cm³/mol. The van der Waals surface area contributed by atoms with Crippen molar-refractivity contribution in [3.63, 3.8) is 0 Å². The average Bonchev–Trinajstić information content (AvgIpc) is 3.04. The van der Waals surface area contributed by atoms with Crippen molar-refractivity contribution in [2.75, 3.05) is 45.2 Å². The number of aromatic nitrogens is 4. The molecular formula is C17H31IN8O. The molecule has 2 aromatic heterocycles. The van der Waals surface area contributed by atoms with Crippen LogP contribution in [0.25, 0.3) is 11.0 Å². The van der Waals surface area contributed by atoms with Crippen LogP contribution >= 0.6 is 24.0 Å². The minimum atomic E-state index is 0. The Labute approximate surface area is 177 Å².